The lowest BCUT2D eigenvalue weighted by Crippen LogP contribution is -2.44. The maximum atomic E-state index is 12.3. The van der Waals surface area contributed by atoms with E-state index in [4.69, 9.17) is 4.74 Å². The monoisotopic (exact) mass is 421 g/mol. The van der Waals surface area contributed by atoms with Crippen LogP contribution in [0.1, 0.15) is 25.3 Å². The molecule has 1 aromatic carbocycles. The van der Waals surface area contributed by atoms with Crippen molar-refractivity contribution in [2.24, 2.45) is 0 Å². The highest BCUT2D eigenvalue weighted by atomic mass is 32.2. The van der Waals surface area contributed by atoms with Crippen molar-refractivity contribution in [3.8, 4) is 5.75 Å². The van der Waals surface area contributed by atoms with E-state index in [1.807, 2.05) is 30.3 Å². The van der Waals surface area contributed by atoms with Crippen LogP contribution in [-0.4, -0.2) is 66.5 Å². The first-order valence-electron chi connectivity index (χ1n) is 9.57. The second-order valence-corrected chi connectivity index (χ2v) is 9.18. The summed E-state index contributed by atoms with van der Waals surface area (Å²) in [5.74, 6) is 1.18. The van der Waals surface area contributed by atoms with Crippen LogP contribution in [0.25, 0.3) is 0 Å². The fourth-order valence-electron chi connectivity index (χ4n) is 3.24. The first-order valence-corrected chi connectivity index (χ1v) is 11.0. The number of para-hydroxylation sites is 1. The van der Waals surface area contributed by atoms with E-state index in [0.717, 1.165) is 5.75 Å². The molecule has 0 aliphatic carbocycles. The van der Waals surface area contributed by atoms with Crippen molar-refractivity contribution >= 4 is 21.9 Å². The largest absolute Gasteiger partial charge is 0.493 e. The first kappa shape index (κ1) is 21.3. The average Bonchev–Trinajstić information content (AvgIpc) is 3.16. The average molecular weight is 422 g/mol. The molecule has 9 nitrogen and oxygen atoms in total. The summed E-state index contributed by atoms with van der Waals surface area (Å²) in [6.07, 6.45) is 3.13. The molecule has 1 aromatic heterocycles. The topological polar surface area (TPSA) is 96.8 Å². The van der Waals surface area contributed by atoms with Crippen LogP contribution in [0.5, 0.6) is 5.75 Å². The number of aromatic nitrogens is 2. The lowest BCUT2D eigenvalue weighted by Gasteiger charge is -2.33. The molecule has 0 atom stereocenters. The van der Waals surface area contributed by atoms with E-state index in [2.05, 4.69) is 10.4 Å². The number of piperidine rings is 1. The number of nitrogens with zero attached hydrogens (tertiary/aromatic N) is 4. The van der Waals surface area contributed by atoms with Crippen LogP contribution in [-0.2, 0) is 15.0 Å². The SMILES string of the molecule is CN(C)S(=O)(=O)N1CCC(n2nccc2NC(=O)CCOc2ccccc2)CC1. The third-order valence-corrected chi connectivity index (χ3v) is 6.78. The normalized spacial score (nSPS) is 16.1. The molecule has 29 heavy (non-hydrogen) atoms. The molecule has 2 heterocycles. The second kappa shape index (κ2) is 9.38. The van der Waals surface area contributed by atoms with Crippen LogP contribution in [0.15, 0.2) is 42.6 Å². The van der Waals surface area contributed by atoms with Crippen molar-refractivity contribution < 1.29 is 17.9 Å². The molecule has 1 fully saturated rings. The van der Waals surface area contributed by atoms with Gasteiger partial charge in [0, 0.05) is 33.3 Å². The standard InChI is InChI=1S/C19H27N5O4S/c1-22(2)29(26,27)23-13-9-16(10-14-23)24-18(8-12-20-24)21-19(25)11-15-28-17-6-4-3-5-7-17/h3-8,12,16H,9-11,13-15H2,1-2H3,(H,21,25). The number of anilines is 1. The number of rotatable bonds is 8. The van der Waals surface area contributed by atoms with Gasteiger partial charge in [0.2, 0.25) is 5.91 Å². The van der Waals surface area contributed by atoms with E-state index in [-0.39, 0.29) is 25.0 Å². The Labute approximate surface area is 171 Å². The zero-order valence-corrected chi connectivity index (χ0v) is 17.5. The maximum absolute atomic E-state index is 12.3. The van der Waals surface area contributed by atoms with Gasteiger partial charge in [-0.25, -0.2) is 4.68 Å². The van der Waals surface area contributed by atoms with Gasteiger partial charge in [-0.15, -0.1) is 0 Å². The summed E-state index contributed by atoms with van der Waals surface area (Å²) in [7, 11) is -0.338. The molecule has 10 heteroatoms. The number of ether oxygens (including phenoxy) is 1. The molecule has 3 rings (SSSR count). The fraction of sp³-hybridized carbons (Fsp3) is 0.474. The minimum atomic E-state index is -3.40. The van der Waals surface area contributed by atoms with Gasteiger partial charge in [-0.3, -0.25) is 4.79 Å². The van der Waals surface area contributed by atoms with Crippen LogP contribution in [0.3, 0.4) is 0 Å². The van der Waals surface area contributed by atoms with Crippen LogP contribution in [0.2, 0.25) is 0 Å². The Bertz CT molecular complexity index is 906. The Hall–Kier alpha value is -2.43. The summed E-state index contributed by atoms with van der Waals surface area (Å²) in [4.78, 5) is 12.3. The predicted octanol–water partition coefficient (Wildman–Crippen LogP) is 1.73. The number of hydrogen-bond donors (Lipinski definition) is 1. The molecule has 1 aliphatic heterocycles. The van der Waals surface area contributed by atoms with E-state index in [1.165, 1.54) is 22.7 Å². The summed E-state index contributed by atoms with van der Waals surface area (Å²) in [6.45, 7) is 1.12. The molecule has 0 bridgehead atoms. The van der Waals surface area contributed by atoms with Gasteiger partial charge in [-0.1, -0.05) is 18.2 Å². The summed E-state index contributed by atoms with van der Waals surface area (Å²) >= 11 is 0. The third-order valence-electron chi connectivity index (χ3n) is 4.84. The van der Waals surface area contributed by atoms with Gasteiger partial charge in [0.15, 0.2) is 0 Å². The smallest absolute Gasteiger partial charge is 0.281 e. The van der Waals surface area contributed by atoms with Crippen LogP contribution >= 0.6 is 0 Å². The number of carbonyl (C=O) groups is 1. The summed E-state index contributed by atoms with van der Waals surface area (Å²) in [6, 6.07) is 11.1. The van der Waals surface area contributed by atoms with Crippen molar-refractivity contribution in [3.05, 3.63) is 42.6 Å². The summed E-state index contributed by atoms with van der Waals surface area (Å²) in [5, 5.41) is 7.21. The van der Waals surface area contributed by atoms with E-state index in [9.17, 15) is 13.2 Å². The number of hydrogen-bond acceptors (Lipinski definition) is 5. The number of benzene rings is 1. The van der Waals surface area contributed by atoms with Crippen LogP contribution < -0.4 is 10.1 Å². The van der Waals surface area contributed by atoms with Crippen LogP contribution in [0.4, 0.5) is 5.82 Å². The molecule has 1 aliphatic rings. The van der Waals surface area contributed by atoms with Gasteiger partial charge in [0.05, 0.1) is 25.3 Å². The van der Waals surface area contributed by atoms with Gasteiger partial charge in [0.25, 0.3) is 10.2 Å². The summed E-state index contributed by atoms with van der Waals surface area (Å²) in [5.41, 5.74) is 0. The highest BCUT2D eigenvalue weighted by Crippen LogP contribution is 2.27. The van der Waals surface area contributed by atoms with E-state index < -0.39 is 10.2 Å². The van der Waals surface area contributed by atoms with E-state index >= 15 is 0 Å². The molecule has 1 amide bonds. The highest BCUT2D eigenvalue weighted by molar-refractivity contribution is 7.86. The molecule has 0 radical (unpaired) electrons. The van der Waals surface area contributed by atoms with Crippen molar-refractivity contribution in [1.29, 1.82) is 0 Å². The van der Waals surface area contributed by atoms with Gasteiger partial charge in [-0.05, 0) is 25.0 Å². The van der Waals surface area contributed by atoms with Crippen LogP contribution in [0, 0.1) is 0 Å². The van der Waals surface area contributed by atoms with Crippen molar-refractivity contribution in [1.82, 2.24) is 18.4 Å². The van der Waals surface area contributed by atoms with E-state index in [0.29, 0.717) is 31.7 Å². The number of nitrogens with one attached hydrogen (secondary N) is 1. The van der Waals surface area contributed by atoms with Gasteiger partial charge < -0.3 is 10.1 Å². The van der Waals surface area contributed by atoms with Crippen molar-refractivity contribution in [3.63, 3.8) is 0 Å². The van der Waals surface area contributed by atoms with Crippen molar-refractivity contribution in [2.45, 2.75) is 25.3 Å². The quantitative estimate of drug-likeness (QED) is 0.700. The van der Waals surface area contributed by atoms with E-state index in [1.54, 1.807) is 16.9 Å². The summed E-state index contributed by atoms with van der Waals surface area (Å²) < 4.78 is 34.5. The molecule has 0 unspecified atom stereocenters. The molecular formula is C19H27N5O4S. The minimum absolute atomic E-state index is 0.0366. The molecule has 2 aromatic rings. The Kier molecular flexibility index (Phi) is 6.88. The Morgan fingerprint density at radius 3 is 2.55 bits per heavy atom. The minimum Gasteiger partial charge on any atom is -0.493 e. The second-order valence-electron chi connectivity index (χ2n) is 7.04. The Morgan fingerprint density at radius 2 is 1.90 bits per heavy atom. The van der Waals surface area contributed by atoms with Gasteiger partial charge in [0.1, 0.15) is 11.6 Å². The molecule has 158 valence electrons. The Morgan fingerprint density at radius 1 is 1.21 bits per heavy atom. The zero-order valence-electron chi connectivity index (χ0n) is 16.7. The lowest BCUT2D eigenvalue weighted by molar-refractivity contribution is -0.116. The molecular weight excluding hydrogens is 394 g/mol. The first-order chi connectivity index (χ1) is 13.9. The number of amides is 1. The molecule has 0 spiro atoms. The highest BCUT2D eigenvalue weighted by Gasteiger charge is 2.31. The molecule has 1 saturated heterocycles. The predicted molar refractivity (Wildman–Crippen MR) is 110 cm³/mol. The zero-order chi connectivity index (χ0) is 20.9. The lowest BCUT2D eigenvalue weighted by atomic mass is 10.1. The fourth-order valence-corrected chi connectivity index (χ4v) is 4.37. The third kappa shape index (κ3) is 5.34. The van der Waals surface area contributed by atoms with Crippen molar-refractivity contribution in [2.75, 3.05) is 39.1 Å². The van der Waals surface area contributed by atoms with Gasteiger partial charge in [-0.2, -0.15) is 22.1 Å². The van der Waals surface area contributed by atoms with Gasteiger partial charge >= 0.3 is 0 Å². The molecule has 1 N–H and O–H groups in total. The Balaban J connectivity index is 1.51. The maximum Gasteiger partial charge on any atom is 0.281 e. The number of carbonyl (C=O) groups excluding carboxylic acids is 1. The molecule has 0 saturated carbocycles.